The van der Waals surface area contributed by atoms with E-state index < -0.39 is 6.04 Å². The van der Waals surface area contributed by atoms with Crippen molar-refractivity contribution < 1.29 is 9.59 Å². The molecule has 0 bridgehead atoms. The minimum Gasteiger partial charge on any atom is -0.345 e. The van der Waals surface area contributed by atoms with E-state index in [9.17, 15) is 9.59 Å². The highest BCUT2D eigenvalue weighted by Gasteiger charge is 2.16. The highest BCUT2D eigenvalue weighted by atomic mass is 16.2. The Morgan fingerprint density at radius 2 is 1.80 bits per heavy atom. The summed E-state index contributed by atoms with van der Waals surface area (Å²) in [5, 5.41) is 5.76. The number of rotatable bonds is 7. The fraction of sp³-hybridized carbons (Fsp3) is 0.818. The smallest absolute Gasteiger partial charge is 0.237 e. The lowest BCUT2D eigenvalue weighted by atomic mass is 10.2. The lowest BCUT2D eigenvalue weighted by molar-refractivity contribution is -0.127. The summed E-state index contributed by atoms with van der Waals surface area (Å²) in [5.74, 6) is -0.141. The Morgan fingerprint density at radius 3 is 2.27 bits per heavy atom. The molecule has 0 heterocycles. The second kappa shape index (κ2) is 7.40. The van der Waals surface area contributed by atoms with Crippen LogP contribution in [0.4, 0.5) is 0 Å². The van der Waals surface area contributed by atoms with Crippen LogP contribution in [-0.2, 0) is 9.59 Å². The summed E-state index contributed by atoms with van der Waals surface area (Å²) in [4.78, 5) is 22.5. The Kier molecular flexibility index (Phi) is 6.96. The van der Waals surface area contributed by atoms with Gasteiger partial charge in [-0.25, -0.2) is 0 Å². The van der Waals surface area contributed by atoms with Gasteiger partial charge in [0.05, 0.1) is 12.1 Å². The standard InChI is InChI=1S/C11H22N2O2/c1-5-6-7-12-9(3)11(15)13-8(2)10(4)14/h8-9,12H,5-7H2,1-4H3,(H,13,15)/t8-,9-/m0/s1. The minimum absolute atomic E-state index is 0.0240. The number of amides is 1. The number of nitrogens with one attached hydrogen (secondary N) is 2. The van der Waals surface area contributed by atoms with E-state index >= 15 is 0 Å². The molecular weight excluding hydrogens is 192 g/mol. The first kappa shape index (κ1) is 14.1. The second-order valence-electron chi connectivity index (χ2n) is 3.87. The SMILES string of the molecule is CCCCN[C@@H](C)C(=O)N[C@@H](C)C(C)=O. The Balaban J connectivity index is 3.83. The molecule has 0 saturated heterocycles. The van der Waals surface area contributed by atoms with Crippen LogP contribution < -0.4 is 10.6 Å². The molecule has 0 saturated carbocycles. The largest absolute Gasteiger partial charge is 0.345 e. The molecule has 2 N–H and O–H groups in total. The van der Waals surface area contributed by atoms with Crippen LogP contribution in [0.25, 0.3) is 0 Å². The zero-order chi connectivity index (χ0) is 11.8. The third kappa shape index (κ3) is 6.23. The molecule has 0 aliphatic rings. The van der Waals surface area contributed by atoms with Crippen LogP contribution >= 0.6 is 0 Å². The summed E-state index contributed by atoms with van der Waals surface area (Å²) in [7, 11) is 0. The quantitative estimate of drug-likeness (QED) is 0.618. The van der Waals surface area contributed by atoms with E-state index in [4.69, 9.17) is 0 Å². The van der Waals surface area contributed by atoms with Gasteiger partial charge in [-0.15, -0.1) is 0 Å². The molecule has 88 valence electrons. The van der Waals surface area contributed by atoms with Crippen molar-refractivity contribution in [3.05, 3.63) is 0 Å². The molecule has 1 amide bonds. The van der Waals surface area contributed by atoms with Crippen LogP contribution in [0, 0.1) is 0 Å². The van der Waals surface area contributed by atoms with Crippen LogP contribution in [0.3, 0.4) is 0 Å². The maximum absolute atomic E-state index is 11.5. The van der Waals surface area contributed by atoms with Crippen molar-refractivity contribution >= 4 is 11.7 Å². The van der Waals surface area contributed by atoms with E-state index in [2.05, 4.69) is 17.6 Å². The fourth-order valence-electron chi connectivity index (χ4n) is 1.03. The molecule has 0 aromatic rings. The number of ketones is 1. The Hall–Kier alpha value is -0.900. The molecular formula is C11H22N2O2. The lowest BCUT2D eigenvalue weighted by Gasteiger charge is -2.16. The molecule has 4 nitrogen and oxygen atoms in total. The number of hydrogen-bond acceptors (Lipinski definition) is 3. The maximum Gasteiger partial charge on any atom is 0.237 e. The third-order valence-corrected chi connectivity index (χ3v) is 2.34. The number of unbranched alkanes of at least 4 members (excludes halogenated alkanes) is 1. The number of Topliss-reactive ketones (excluding diaryl/α,β-unsaturated/α-hetero) is 1. The molecule has 0 aliphatic carbocycles. The van der Waals surface area contributed by atoms with Gasteiger partial charge in [0.2, 0.25) is 5.91 Å². The molecule has 0 aromatic heterocycles. The number of carbonyl (C=O) groups excluding carboxylic acids is 2. The summed E-state index contributed by atoms with van der Waals surface area (Å²) in [6.45, 7) is 7.90. The van der Waals surface area contributed by atoms with Crippen molar-refractivity contribution in [3.8, 4) is 0 Å². The topological polar surface area (TPSA) is 58.2 Å². The maximum atomic E-state index is 11.5. The molecule has 2 atom stereocenters. The molecule has 0 spiro atoms. The van der Waals surface area contributed by atoms with Crippen molar-refractivity contribution in [2.75, 3.05) is 6.54 Å². The van der Waals surface area contributed by atoms with Gasteiger partial charge in [0.25, 0.3) is 0 Å². The van der Waals surface area contributed by atoms with Gasteiger partial charge in [0.15, 0.2) is 5.78 Å². The van der Waals surface area contributed by atoms with Gasteiger partial charge in [-0.05, 0) is 33.7 Å². The van der Waals surface area contributed by atoms with Crippen LogP contribution in [0.5, 0.6) is 0 Å². The normalized spacial score (nSPS) is 14.4. The lowest BCUT2D eigenvalue weighted by Crippen LogP contribution is -2.47. The Morgan fingerprint density at radius 1 is 1.20 bits per heavy atom. The van der Waals surface area contributed by atoms with Crippen molar-refractivity contribution in [2.24, 2.45) is 0 Å². The van der Waals surface area contributed by atoms with E-state index in [1.807, 2.05) is 0 Å². The van der Waals surface area contributed by atoms with Crippen LogP contribution in [0.1, 0.15) is 40.5 Å². The van der Waals surface area contributed by atoms with E-state index in [0.717, 1.165) is 19.4 Å². The van der Waals surface area contributed by atoms with Gasteiger partial charge in [-0.3, -0.25) is 9.59 Å². The van der Waals surface area contributed by atoms with E-state index in [-0.39, 0.29) is 17.7 Å². The molecule has 4 heteroatoms. The summed E-state index contributed by atoms with van der Waals surface area (Å²) < 4.78 is 0. The zero-order valence-electron chi connectivity index (χ0n) is 10.1. The first-order valence-electron chi connectivity index (χ1n) is 5.53. The van der Waals surface area contributed by atoms with E-state index in [0.29, 0.717) is 0 Å². The van der Waals surface area contributed by atoms with Gasteiger partial charge >= 0.3 is 0 Å². The van der Waals surface area contributed by atoms with Gasteiger partial charge in [0, 0.05) is 0 Å². The second-order valence-corrected chi connectivity index (χ2v) is 3.87. The molecule has 0 radical (unpaired) electrons. The van der Waals surface area contributed by atoms with E-state index in [1.54, 1.807) is 13.8 Å². The molecule has 0 rings (SSSR count). The first-order chi connectivity index (χ1) is 6.99. The molecule has 0 aliphatic heterocycles. The van der Waals surface area contributed by atoms with Gasteiger partial charge in [-0.1, -0.05) is 13.3 Å². The highest BCUT2D eigenvalue weighted by Crippen LogP contribution is 1.90. The average Bonchev–Trinajstić information content (AvgIpc) is 2.17. The Bertz CT molecular complexity index is 217. The third-order valence-electron chi connectivity index (χ3n) is 2.34. The van der Waals surface area contributed by atoms with Crippen LogP contribution in [0.15, 0.2) is 0 Å². The van der Waals surface area contributed by atoms with Gasteiger partial charge in [0.1, 0.15) is 0 Å². The van der Waals surface area contributed by atoms with Gasteiger partial charge in [-0.2, -0.15) is 0 Å². The van der Waals surface area contributed by atoms with Crippen molar-refractivity contribution in [1.82, 2.24) is 10.6 Å². The molecule has 0 fully saturated rings. The van der Waals surface area contributed by atoms with Crippen molar-refractivity contribution in [1.29, 1.82) is 0 Å². The van der Waals surface area contributed by atoms with E-state index in [1.165, 1.54) is 6.92 Å². The predicted molar refractivity (Wildman–Crippen MR) is 60.7 cm³/mol. The molecule has 0 unspecified atom stereocenters. The zero-order valence-corrected chi connectivity index (χ0v) is 10.1. The summed E-state index contributed by atoms with van der Waals surface area (Å²) in [6.07, 6.45) is 2.16. The fourth-order valence-corrected chi connectivity index (χ4v) is 1.03. The van der Waals surface area contributed by atoms with Crippen molar-refractivity contribution in [3.63, 3.8) is 0 Å². The first-order valence-corrected chi connectivity index (χ1v) is 5.53. The van der Waals surface area contributed by atoms with Gasteiger partial charge < -0.3 is 10.6 Å². The predicted octanol–water partition coefficient (Wildman–Crippen LogP) is 0.858. The van der Waals surface area contributed by atoms with Crippen LogP contribution in [-0.4, -0.2) is 30.3 Å². The summed E-state index contributed by atoms with van der Waals surface area (Å²) >= 11 is 0. The minimum atomic E-state index is -0.395. The van der Waals surface area contributed by atoms with Crippen molar-refractivity contribution in [2.45, 2.75) is 52.6 Å². The average molecular weight is 214 g/mol. The monoisotopic (exact) mass is 214 g/mol. The molecule has 15 heavy (non-hydrogen) atoms. The number of carbonyl (C=O) groups is 2. The summed E-state index contributed by atoms with van der Waals surface area (Å²) in [5.41, 5.74) is 0. The van der Waals surface area contributed by atoms with Crippen LogP contribution in [0.2, 0.25) is 0 Å². The molecule has 0 aromatic carbocycles. The number of hydrogen-bond donors (Lipinski definition) is 2. The highest BCUT2D eigenvalue weighted by molar-refractivity contribution is 5.89. The summed E-state index contributed by atoms with van der Waals surface area (Å²) in [6, 6.07) is -0.633. The Labute approximate surface area is 91.8 Å².